The van der Waals surface area contributed by atoms with Crippen LogP contribution in [0.25, 0.3) is 0 Å². The van der Waals surface area contributed by atoms with Crippen molar-refractivity contribution < 1.29 is 9.18 Å². The van der Waals surface area contributed by atoms with E-state index < -0.39 is 0 Å². The molecule has 0 aromatic heterocycles. The van der Waals surface area contributed by atoms with Gasteiger partial charge in [0.1, 0.15) is 5.82 Å². The first kappa shape index (κ1) is 16.1. The SMILES string of the molecule is O=C(C1CC(c2ccc(CC3CCNC3)c(F)c2)C1)N1CCCC1. The smallest absolute Gasteiger partial charge is 0.225 e. The summed E-state index contributed by atoms with van der Waals surface area (Å²) in [6, 6.07) is 5.78. The van der Waals surface area contributed by atoms with Gasteiger partial charge in [-0.25, -0.2) is 4.39 Å². The van der Waals surface area contributed by atoms with E-state index in [9.17, 15) is 9.18 Å². The second-order valence-electron chi connectivity index (χ2n) is 7.81. The summed E-state index contributed by atoms with van der Waals surface area (Å²) in [6.07, 6.45) is 6.04. The molecule has 3 nitrogen and oxygen atoms in total. The van der Waals surface area contributed by atoms with E-state index in [0.29, 0.717) is 17.7 Å². The van der Waals surface area contributed by atoms with Crippen LogP contribution in [0, 0.1) is 17.7 Å². The van der Waals surface area contributed by atoms with Gasteiger partial charge in [-0.1, -0.05) is 12.1 Å². The summed E-state index contributed by atoms with van der Waals surface area (Å²) in [5.41, 5.74) is 1.92. The highest BCUT2D eigenvalue weighted by Gasteiger charge is 2.38. The fraction of sp³-hybridized carbons (Fsp3) is 0.650. The van der Waals surface area contributed by atoms with E-state index in [4.69, 9.17) is 0 Å². The Bertz CT molecular complexity index is 600. The van der Waals surface area contributed by atoms with Crippen molar-refractivity contribution in [3.63, 3.8) is 0 Å². The van der Waals surface area contributed by atoms with Crippen molar-refractivity contribution in [1.82, 2.24) is 10.2 Å². The van der Waals surface area contributed by atoms with Crippen LogP contribution in [0.15, 0.2) is 18.2 Å². The summed E-state index contributed by atoms with van der Waals surface area (Å²) < 4.78 is 14.4. The Labute approximate surface area is 143 Å². The minimum Gasteiger partial charge on any atom is -0.342 e. The van der Waals surface area contributed by atoms with Gasteiger partial charge in [0.15, 0.2) is 0 Å². The largest absolute Gasteiger partial charge is 0.342 e. The molecular weight excluding hydrogens is 303 g/mol. The molecule has 0 bridgehead atoms. The molecule has 130 valence electrons. The first-order valence-corrected chi connectivity index (χ1v) is 9.48. The first-order valence-electron chi connectivity index (χ1n) is 9.48. The third kappa shape index (κ3) is 3.21. The molecule has 1 saturated carbocycles. The van der Waals surface area contributed by atoms with E-state index in [-0.39, 0.29) is 11.7 Å². The zero-order valence-corrected chi connectivity index (χ0v) is 14.3. The maximum atomic E-state index is 14.4. The molecule has 1 aromatic rings. The average molecular weight is 330 g/mol. The third-order valence-electron chi connectivity index (χ3n) is 6.12. The lowest BCUT2D eigenvalue weighted by molar-refractivity contribution is -0.137. The standard InChI is InChI=1S/C20H27FN2O/c21-19-12-15(3-4-16(19)9-14-5-6-22-13-14)17-10-18(11-17)20(24)23-7-1-2-8-23/h3-4,12,14,17-18,22H,1-2,5-11,13H2. The quantitative estimate of drug-likeness (QED) is 0.920. The van der Waals surface area contributed by atoms with E-state index in [1.807, 2.05) is 11.0 Å². The monoisotopic (exact) mass is 330 g/mol. The van der Waals surface area contributed by atoms with Crippen molar-refractivity contribution >= 4 is 5.91 Å². The Balaban J connectivity index is 1.34. The minimum atomic E-state index is -0.0614. The third-order valence-corrected chi connectivity index (χ3v) is 6.12. The number of hydrogen-bond acceptors (Lipinski definition) is 2. The second-order valence-corrected chi connectivity index (χ2v) is 7.81. The average Bonchev–Trinajstić information content (AvgIpc) is 3.21. The Hall–Kier alpha value is -1.42. The Morgan fingerprint density at radius 1 is 1.25 bits per heavy atom. The molecule has 24 heavy (non-hydrogen) atoms. The predicted molar refractivity (Wildman–Crippen MR) is 92.4 cm³/mol. The van der Waals surface area contributed by atoms with Crippen LogP contribution >= 0.6 is 0 Å². The number of halogens is 1. The fourth-order valence-corrected chi connectivity index (χ4v) is 4.47. The molecule has 2 heterocycles. The number of rotatable bonds is 4. The van der Waals surface area contributed by atoms with E-state index in [1.165, 1.54) is 0 Å². The minimum absolute atomic E-state index is 0.0614. The molecule has 0 radical (unpaired) electrons. The highest BCUT2D eigenvalue weighted by Crippen LogP contribution is 2.43. The molecule has 1 aliphatic carbocycles. The van der Waals surface area contributed by atoms with E-state index >= 15 is 0 Å². The van der Waals surface area contributed by atoms with Crippen molar-refractivity contribution in [2.75, 3.05) is 26.2 Å². The molecule has 4 heteroatoms. The van der Waals surface area contributed by atoms with Crippen LogP contribution in [0.4, 0.5) is 4.39 Å². The van der Waals surface area contributed by atoms with Gasteiger partial charge in [-0.3, -0.25) is 4.79 Å². The molecule has 4 rings (SSSR count). The predicted octanol–water partition coefficient (Wildman–Crippen LogP) is 3.09. The van der Waals surface area contributed by atoms with Gasteiger partial charge in [0.25, 0.3) is 0 Å². The van der Waals surface area contributed by atoms with Crippen molar-refractivity contribution in [1.29, 1.82) is 0 Å². The number of carbonyl (C=O) groups excluding carboxylic acids is 1. The molecule has 1 amide bonds. The van der Waals surface area contributed by atoms with Crippen LogP contribution in [0.3, 0.4) is 0 Å². The van der Waals surface area contributed by atoms with Gasteiger partial charge in [0.05, 0.1) is 0 Å². The van der Waals surface area contributed by atoms with Crippen LogP contribution in [0.1, 0.15) is 49.1 Å². The highest BCUT2D eigenvalue weighted by molar-refractivity contribution is 5.80. The normalized spacial score (nSPS) is 29.7. The topological polar surface area (TPSA) is 32.3 Å². The van der Waals surface area contributed by atoms with Crippen LogP contribution in [0.5, 0.6) is 0 Å². The van der Waals surface area contributed by atoms with Crippen molar-refractivity contribution in [2.24, 2.45) is 11.8 Å². The molecule has 1 N–H and O–H groups in total. The van der Waals surface area contributed by atoms with Crippen molar-refractivity contribution in [3.8, 4) is 0 Å². The number of nitrogens with zero attached hydrogens (tertiary/aromatic N) is 1. The molecule has 1 atom stereocenters. The van der Waals surface area contributed by atoms with Crippen LogP contribution in [0.2, 0.25) is 0 Å². The number of likely N-dealkylation sites (tertiary alicyclic amines) is 1. The van der Waals surface area contributed by atoms with Gasteiger partial charge >= 0.3 is 0 Å². The summed E-state index contributed by atoms with van der Waals surface area (Å²) in [5, 5.41) is 3.34. The second kappa shape index (κ2) is 6.83. The Morgan fingerprint density at radius 2 is 2.04 bits per heavy atom. The van der Waals surface area contributed by atoms with E-state index in [1.54, 1.807) is 6.07 Å². The lowest BCUT2D eigenvalue weighted by Crippen LogP contribution is -2.39. The zero-order chi connectivity index (χ0) is 16.5. The van der Waals surface area contributed by atoms with Gasteiger partial charge < -0.3 is 10.2 Å². The van der Waals surface area contributed by atoms with Gasteiger partial charge in [0.2, 0.25) is 5.91 Å². The molecule has 1 unspecified atom stereocenters. The van der Waals surface area contributed by atoms with E-state index in [2.05, 4.69) is 11.4 Å². The number of amides is 1. The fourth-order valence-electron chi connectivity index (χ4n) is 4.47. The Morgan fingerprint density at radius 3 is 2.71 bits per heavy atom. The van der Waals surface area contributed by atoms with Crippen LogP contribution < -0.4 is 5.32 Å². The summed E-state index contributed by atoms with van der Waals surface area (Å²) in [4.78, 5) is 14.4. The van der Waals surface area contributed by atoms with Gasteiger partial charge in [0, 0.05) is 19.0 Å². The maximum Gasteiger partial charge on any atom is 0.225 e. The van der Waals surface area contributed by atoms with Gasteiger partial charge in [-0.2, -0.15) is 0 Å². The zero-order valence-electron chi connectivity index (χ0n) is 14.3. The number of benzene rings is 1. The molecule has 0 spiro atoms. The molecule has 3 aliphatic rings. The maximum absolute atomic E-state index is 14.4. The molecule has 3 fully saturated rings. The summed E-state index contributed by atoms with van der Waals surface area (Å²) in [5.74, 6) is 1.36. The summed E-state index contributed by atoms with van der Waals surface area (Å²) in [7, 11) is 0. The van der Waals surface area contributed by atoms with Gasteiger partial charge in [-0.05, 0) is 80.6 Å². The molecule has 1 aromatic carbocycles. The first-order chi connectivity index (χ1) is 11.7. The summed E-state index contributed by atoms with van der Waals surface area (Å²) in [6.45, 7) is 3.92. The highest BCUT2D eigenvalue weighted by atomic mass is 19.1. The molecular formula is C20H27FN2O. The van der Waals surface area contributed by atoms with E-state index in [0.717, 1.165) is 75.8 Å². The van der Waals surface area contributed by atoms with Crippen LogP contribution in [-0.2, 0) is 11.2 Å². The lowest BCUT2D eigenvalue weighted by Gasteiger charge is -2.37. The lowest BCUT2D eigenvalue weighted by atomic mass is 9.70. The van der Waals surface area contributed by atoms with Crippen molar-refractivity contribution in [3.05, 3.63) is 35.1 Å². The number of carbonyl (C=O) groups is 1. The summed E-state index contributed by atoms with van der Waals surface area (Å²) >= 11 is 0. The number of hydrogen-bond donors (Lipinski definition) is 1. The molecule has 2 aliphatic heterocycles. The number of nitrogens with one attached hydrogen (secondary N) is 1. The van der Waals surface area contributed by atoms with Crippen LogP contribution in [-0.4, -0.2) is 37.0 Å². The molecule has 2 saturated heterocycles. The van der Waals surface area contributed by atoms with Crippen molar-refractivity contribution in [2.45, 2.75) is 44.4 Å². The van der Waals surface area contributed by atoms with Gasteiger partial charge in [-0.15, -0.1) is 0 Å². The Kier molecular flexibility index (Phi) is 4.57.